The smallest absolute Gasteiger partial charge is 0.00143 e. The summed E-state index contributed by atoms with van der Waals surface area (Å²) < 4.78 is 0. The van der Waals surface area contributed by atoms with Crippen molar-refractivity contribution in [1.82, 2.24) is 0 Å². The summed E-state index contributed by atoms with van der Waals surface area (Å²) in [5, 5.41) is 0. The highest BCUT2D eigenvalue weighted by Gasteiger charge is 2.26. The lowest BCUT2D eigenvalue weighted by Crippen LogP contribution is -1.93. The first-order valence-electron chi connectivity index (χ1n) is 5.56. The molecule has 0 saturated carbocycles. The van der Waals surface area contributed by atoms with E-state index in [2.05, 4.69) is 30.9 Å². The first-order valence-corrected chi connectivity index (χ1v) is 5.56. The van der Waals surface area contributed by atoms with E-state index in [1.165, 1.54) is 25.7 Å². The Kier molecular flexibility index (Phi) is 3.03. The Morgan fingerprint density at radius 2 is 2.36 bits per heavy atom. The number of unbranched alkanes of at least 4 members (excludes halogenated alkanes) is 1. The topological polar surface area (TPSA) is 0 Å². The van der Waals surface area contributed by atoms with Crippen molar-refractivity contribution in [3.63, 3.8) is 0 Å². The van der Waals surface area contributed by atoms with Crippen LogP contribution >= 0.6 is 0 Å². The van der Waals surface area contributed by atoms with E-state index in [9.17, 15) is 0 Å². The molecule has 0 heteroatoms. The molecule has 74 valence electrons. The molecule has 0 nitrogen and oxygen atoms in total. The molecule has 0 spiro atoms. The van der Waals surface area contributed by atoms with Gasteiger partial charge >= 0.3 is 0 Å². The molecule has 0 aromatic rings. The third-order valence-electron chi connectivity index (χ3n) is 3.13. The van der Waals surface area contributed by atoms with Gasteiger partial charge in [-0.05, 0) is 37.5 Å². The minimum atomic E-state index is 0.777. The first-order chi connectivity index (χ1) is 6.90. The molecule has 2 atom stereocenters. The summed E-state index contributed by atoms with van der Waals surface area (Å²) in [6.45, 7) is 3.66. The highest BCUT2D eigenvalue weighted by atomic mass is 14.3. The molecule has 0 heterocycles. The molecule has 2 bridgehead atoms. The van der Waals surface area contributed by atoms with Gasteiger partial charge in [-0.2, -0.15) is 0 Å². The zero-order chi connectivity index (χ0) is 9.80. The van der Waals surface area contributed by atoms with Crippen molar-refractivity contribution in [3.05, 3.63) is 48.6 Å². The molecular formula is C14H18. The van der Waals surface area contributed by atoms with Crippen LogP contribution in [0.2, 0.25) is 0 Å². The lowest BCUT2D eigenvalue weighted by atomic mass is 9.98. The van der Waals surface area contributed by atoms with E-state index in [0.717, 1.165) is 11.8 Å². The molecule has 0 fully saturated rings. The van der Waals surface area contributed by atoms with Crippen LogP contribution in [0, 0.1) is 11.8 Å². The van der Waals surface area contributed by atoms with Gasteiger partial charge < -0.3 is 0 Å². The van der Waals surface area contributed by atoms with Gasteiger partial charge in [0.2, 0.25) is 0 Å². The normalized spacial score (nSPS) is 28.7. The summed E-state index contributed by atoms with van der Waals surface area (Å²) >= 11 is 0. The molecule has 0 radical (unpaired) electrons. The fourth-order valence-electron chi connectivity index (χ4n) is 2.41. The van der Waals surface area contributed by atoms with Crippen LogP contribution in [0.1, 0.15) is 25.7 Å². The molecule has 0 aliphatic heterocycles. The molecule has 2 unspecified atom stereocenters. The van der Waals surface area contributed by atoms with Crippen molar-refractivity contribution < 1.29 is 0 Å². The number of allylic oxidation sites excluding steroid dienone is 7. The lowest BCUT2D eigenvalue weighted by Gasteiger charge is -2.08. The molecule has 0 aromatic carbocycles. The second-order valence-corrected chi connectivity index (χ2v) is 4.19. The molecule has 0 N–H and O–H groups in total. The van der Waals surface area contributed by atoms with E-state index >= 15 is 0 Å². The summed E-state index contributed by atoms with van der Waals surface area (Å²) in [6.07, 6.45) is 18.4. The average molecular weight is 186 g/mol. The quantitative estimate of drug-likeness (QED) is 0.345. The number of rotatable bonds is 5. The largest absolute Gasteiger partial charge is 0.0991 e. The minimum absolute atomic E-state index is 0.777. The van der Waals surface area contributed by atoms with Gasteiger partial charge in [0, 0.05) is 0 Å². The molecule has 0 aromatic heterocycles. The van der Waals surface area contributed by atoms with Gasteiger partial charge in [-0.1, -0.05) is 48.6 Å². The third-order valence-corrected chi connectivity index (χ3v) is 3.13. The van der Waals surface area contributed by atoms with E-state index in [4.69, 9.17) is 0 Å². The standard InChI is InChI=1S/C14H18/c1-2-3-4-5-6-7-13-10-12-8-9-14(13)11-12/h2-4,8-10,12,14H,1,5-7,11H2/b4-3+. The summed E-state index contributed by atoms with van der Waals surface area (Å²) in [5.74, 6) is 1.57. The van der Waals surface area contributed by atoms with Crippen LogP contribution in [0.5, 0.6) is 0 Å². The van der Waals surface area contributed by atoms with E-state index < -0.39 is 0 Å². The van der Waals surface area contributed by atoms with Crippen molar-refractivity contribution in [3.8, 4) is 0 Å². The molecule has 14 heavy (non-hydrogen) atoms. The van der Waals surface area contributed by atoms with Gasteiger partial charge in [-0.15, -0.1) is 0 Å². The Hall–Kier alpha value is -1.04. The Bertz CT molecular complexity index is 291. The van der Waals surface area contributed by atoms with Crippen LogP contribution in [-0.4, -0.2) is 0 Å². The SMILES string of the molecule is C=C/C=C/CCCC1=CC2C=CC1C2. The second kappa shape index (κ2) is 4.45. The fraction of sp³-hybridized carbons (Fsp3) is 0.429. The lowest BCUT2D eigenvalue weighted by molar-refractivity contribution is 0.680. The van der Waals surface area contributed by atoms with Crippen molar-refractivity contribution in [1.29, 1.82) is 0 Å². The van der Waals surface area contributed by atoms with Crippen molar-refractivity contribution >= 4 is 0 Å². The second-order valence-electron chi connectivity index (χ2n) is 4.19. The third kappa shape index (κ3) is 2.06. The maximum atomic E-state index is 3.66. The van der Waals surface area contributed by atoms with E-state index in [1.54, 1.807) is 5.57 Å². The molecule has 2 aliphatic rings. The molecule has 2 aliphatic carbocycles. The molecular weight excluding hydrogens is 168 g/mol. The van der Waals surface area contributed by atoms with Gasteiger partial charge in [-0.3, -0.25) is 0 Å². The van der Waals surface area contributed by atoms with E-state index in [1.807, 2.05) is 12.2 Å². The van der Waals surface area contributed by atoms with Gasteiger partial charge in [-0.25, -0.2) is 0 Å². The van der Waals surface area contributed by atoms with Gasteiger partial charge in [0.05, 0.1) is 0 Å². The van der Waals surface area contributed by atoms with E-state index in [0.29, 0.717) is 0 Å². The monoisotopic (exact) mass is 186 g/mol. The Labute approximate surface area is 86.7 Å². The Balaban J connectivity index is 1.70. The van der Waals surface area contributed by atoms with E-state index in [-0.39, 0.29) is 0 Å². The first kappa shape index (κ1) is 9.51. The van der Waals surface area contributed by atoms with Crippen LogP contribution in [0.15, 0.2) is 48.6 Å². The van der Waals surface area contributed by atoms with Crippen LogP contribution in [-0.2, 0) is 0 Å². The summed E-state index contributed by atoms with van der Waals surface area (Å²) in [5.41, 5.74) is 1.68. The van der Waals surface area contributed by atoms with Crippen LogP contribution in [0.3, 0.4) is 0 Å². The maximum Gasteiger partial charge on any atom is -0.00143 e. The zero-order valence-corrected chi connectivity index (χ0v) is 8.65. The van der Waals surface area contributed by atoms with Gasteiger partial charge in [0.15, 0.2) is 0 Å². The highest BCUT2D eigenvalue weighted by molar-refractivity contribution is 5.29. The van der Waals surface area contributed by atoms with Crippen molar-refractivity contribution in [2.24, 2.45) is 11.8 Å². The molecule has 0 amide bonds. The van der Waals surface area contributed by atoms with Crippen molar-refractivity contribution in [2.45, 2.75) is 25.7 Å². The zero-order valence-electron chi connectivity index (χ0n) is 8.65. The van der Waals surface area contributed by atoms with Crippen LogP contribution in [0.4, 0.5) is 0 Å². The van der Waals surface area contributed by atoms with Gasteiger partial charge in [0.25, 0.3) is 0 Å². The maximum absolute atomic E-state index is 3.66. The number of hydrogen-bond acceptors (Lipinski definition) is 0. The van der Waals surface area contributed by atoms with Gasteiger partial charge in [0.1, 0.15) is 0 Å². The summed E-state index contributed by atoms with van der Waals surface area (Å²) in [4.78, 5) is 0. The summed E-state index contributed by atoms with van der Waals surface area (Å²) in [6, 6.07) is 0. The predicted octanol–water partition coefficient (Wildman–Crippen LogP) is 4.03. The van der Waals surface area contributed by atoms with Crippen molar-refractivity contribution in [2.75, 3.05) is 0 Å². The van der Waals surface area contributed by atoms with Crippen LogP contribution in [0.25, 0.3) is 0 Å². The number of hydrogen-bond donors (Lipinski definition) is 0. The molecule has 2 rings (SSSR count). The minimum Gasteiger partial charge on any atom is -0.0991 e. The predicted molar refractivity (Wildman–Crippen MR) is 62.0 cm³/mol. The number of fused-ring (bicyclic) bond motifs is 2. The fourth-order valence-corrected chi connectivity index (χ4v) is 2.41. The average Bonchev–Trinajstić information content (AvgIpc) is 2.79. The molecule has 0 saturated heterocycles. The summed E-state index contributed by atoms with van der Waals surface area (Å²) in [7, 11) is 0. The van der Waals surface area contributed by atoms with Crippen LogP contribution < -0.4 is 0 Å². The highest BCUT2D eigenvalue weighted by Crippen LogP contribution is 2.40. The Morgan fingerprint density at radius 1 is 1.43 bits per heavy atom. The Morgan fingerprint density at radius 3 is 3.00 bits per heavy atom.